The molecule has 0 aromatic heterocycles. The molecule has 3 aliphatic rings. The highest BCUT2D eigenvalue weighted by Crippen LogP contribution is 2.27. The Morgan fingerprint density at radius 3 is 2.38 bits per heavy atom. The van der Waals surface area contributed by atoms with Crippen LogP contribution in [0.5, 0.6) is 0 Å². The van der Waals surface area contributed by atoms with E-state index in [9.17, 15) is 48.9 Å². The van der Waals surface area contributed by atoms with Gasteiger partial charge in [-0.1, -0.05) is 0 Å². The molecule has 2 fully saturated rings. The van der Waals surface area contributed by atoms with Crippen molar-refractivity contribution < 1.29 is 68.2 Å². The highest BCUT2D eigenvalue weighted by Gasteiger charge is 2.52. The molecule has 0 aliphatic carbocycles. The number of nitrogens with one attached hydrogen (secondary N) is 6. The van der Waals surface area contributed by atoms with E-state index < -0.39 is 122 Å². The molecule has 3 heterocycles. The summed E-state index contributed by atoms with van der Waals surface area (Å²) in [5.41, 5.74) is 5.24. The highest BCUT2D eigenvalue weighted by atomic mass is 16.6. The molecule has 0 spiro atoms. The van der Waals surface area contributed by atoms with E-state index in [4.69, 9.17) is 25.1 Å². The molecule has 11 atom stereocenters. The Labute approximate surface area is 284 Å². The third kappa shape index (κ3) is 9.44. The SMILES string of the molecule is CNCC(=O)N(C)C1C(NC2=N[C@@H]3C(=O)NC[C@@H](O)[C@H]3N2)OC(COC(=O)C(CO)NC(=O)C(C)C(=O)NC(C)C(=O)O)C(OC(N)=O)C1O. The average Bonchev–Trinajstić information content (AvgIpc) is 3.49. The number of likely N-dealkylation sites (N-methyl/N-ethyl adjacent to an activating group) is 2. The first-order valence-corrected chi connectivity index (χ1v) is 15.4. The van der Waals surface area contributed by atoms with Gasteiger partial charge in [-0.15, -0.1) is 0 Å². The lowest BCUT2D eigenvalue weighted by atomic mass is 9.94. The smallest absolute Gasteiger partial charge is 0.404 e. The van der Waals surface area contributed by atoms with Crippen molar-refractivity contribution >= 4 is 47.6 Å². The number of aliphatic hydroxyl groups is 3. The molecule has 0 aromatic rings. The van der Waals surface area contributed by atoms with E-state index in [2.05, 4.69) is 36.9 Å². The first-order chi connectivity index (χ1) is 23.5. The number of aliphatic carboxylic acids is 1. The van der Waals surface area contributed by atoms with Gasteiger partial charge in [0.25, 0.3) is 0 Å². The predicted octanol–water partition coefficient (Wildman–Crippen LogP) is -7.40. The molecular weight excluding hydrogens is 674 g/mol. The van der Waals surface area contributed by atoms with E-state index in [1.807, 2.05) is 0 Å². The maximum Gasteiger partial charge on any atom is 0.404 e. The second-order valence-corrected chi connectivity index (χ2v) is 11.7. The number of fused-ring (bicyclic) bond motifs is 1. The Balaban J connectivity index is 1.80. The second-order valence-electron chi connectivity index (χ2n) is 11.7. The molecule has 3 rings (SSSR count). The van der Waals surface area contributed by atoms with Crippen LogP contribution in [-0.2, 0) is 43.0 Å². The van der Waals surface area contributed by atoms with Crippen molar-refractivity contribution in [1.82, 2.24) is 36.8 Å². The maximum atomic E-state index is 12.9. The highest BCUT2D eigenvalue weighted by molar-refractivity contribution is 6.02. The predicted molar refractivity (Wildman–Crippen MR) is 164 cm³/mol. The van der Waals surface area contributed by atoms with Crippen LogP contribution in [0.1, 0.15) is 13.8 Å². The minimum atomic E-state index is -1.76. The van der Waals surface area contributed by atoms with Crippen molar-refractivity contribution in [2.24, 2.45) is 16.6 Å². The molecule has 5 amide bonds. The number of hydrogen-bond donors (Lipinski definition) is 11. The van der Waals surface area contributed by atoms with Crippen LogP contribution >= 0.6 is 0 Å². The molecule has 23 nitrogen and oxygen atoms in total. The zero-order valence-corrected chi connectivity index (χ0v) is 27.5. The van der Waals surface area contributed by atoms with Crippen LogP contribution in [0.2, 0.25) is 0 Å². The number of nitrogens with two attached hydrogens (primary N) is 1. The summed E-state index contributed by atoms with van der Waals surface area (Å²) in [7, 11) is 2.83. The summed E-state index contributed by atoms with van der Waals surface area (Å²) in [4.78, 5) is 91.2. The van der Waals surface area contributed by atoms with Crippen molar-refractivity contribution in [3.63, 3.8) is 0 Å². The van der Waals surface area contributed by atoms with Gasteiger partial charge in [0.15, 0.2) is 30.4 Å². The maximum absolute atomic E-state index is 12.9. The molecule has 50 heavy (non-hydrogen) atoms. The van der Waals surface area contributed by atoms with Crippen molar-refractivity contribution in [2.75, 3.05) is 40.4 Å². The van der Waals surface area contributed by atoms with E-state index in [0.29, 0.717) is 0 Å². The number of rotatable bonds is 14. The molecule has 12 N–H and O–H groups in total. The molecular formula is C27H43N9O14. The Morgan fingerprint density at radius 1 is 1.14 bits per heavy atom. The normalized spacial score (nSPS) is 28.9. The number of β-amino-alcohol motifs (C(OH)–C–C–N with tert-alkyl or cyclic N) is 1. The van der Waals surface area contributed by atoms with Crippen LogP contribution in [0.25, 0.3) is 0 Å². The van der Waals surface area contributed by atoms with Gasteiger partial charge in [-0.2, -0.15) is 0 Å². The third-order valence-corrected chi connectivity index (χ3v) is 8.15. The number of carboxylic acids is 1. The largest absolute Gasteiger partial charge is 0.480 e. The first kappa shape index (κ1) is 39.6. The van der Waals surface area contributed by atoms with Crippen LogP contribution in [-0.4, -0.2) is 174 Å². The zero-order chi connectivity index (χ0) is 37.4. The molecule has 0 bridgehead atoms. The number of aliphatic imine (C=N–C) groups is 1. The molecule has 0 aromatic carbocycles. The van der Waals surface area contributed by atoms with E-state index >= 15 is 0 Å². The third-order valence-electron chi connectivity index (χ3n) is 8.15. The minimum Gasteiger partial charge on any atom is -0.480 e. The number of esters is 1. The number of hydrogen-bond acceptors (Lipinski definition) is 17. The topological polar surface area (TPSA) is 342 Å². The molecule has 2 saturated heterocycles. The zero-order valence-electron chi connectivity index (χ0n) is 27.5. The van der Waals surface area contributed by atoms with Gasteiger partial charge >= 0.3 is 18.0 Å². The summed E-state index contributed by atoms with van der Waals surface area (Å²) in [5, 5.41) is 55.7. The van der Waals surface area contributed by atoms with Gasteiger partial charge in [0.1, 0.15) is 36.8 Å². The fraction of sp³-hybridized carbons (Fsp3) is 0.704. The lowest BCUT2D eigenvalue weighted by molar-refractivity contribution is -0.219. The van der Waals surface area contributed by atoms with Gasteiger partial charge in [-0.3, -0.25) is 24.0 Å². The summed E-state index contributed by atoms with van der Waals surface area (Å²) >= 11 is 0. The van der Waals surface area contributed by atoms with Gasteiger partial charge in [-0.05, 0) is 20.9 Å². The van der Waals surface area contributed by atoms with Crippen LogP contribution in [0, 0.1) is 5.92 Å². The molecule has 0 saturated carbocycles. The number of carbonyl (C=O) groups is 7. The van der Waals surface area contributed by atoms with E-state index in [1.54, 1.807) is 0 Å². The second kappa shape index (κ2) is 17.2. The Hall–Kier alpha value is -4.84. The number of ether oxygens (including phenoxy) is 3. The fourth-order valence-corrected chi connectivity index (χ4v) is 5.28. The summed E-state index contributed by atoms with van der Waals surface area (Å²) in [6.45, 7) is 0.289. The van der Waals surface area contributed by atoms with Crippen LogP contribution < -0.4 is 37.6 Å². The molecule has 8 unspecified atom stereocenters. The molecule has 3 aliphatic heterocycles. The summed E-state index contributed by atoms with van der Waals surface area (Å²) in [6, 6.07) is -6.23. The summed E-state index contributed by atoms with van der Waals surface area (Å²) in [6.07, 6.45) is -8.72. The fourth-order valence-electron chi connectivity index (χ4n) is 5.28. The van der Waals surface area contributed by atoms with Crippen LogP contribution in [0.3, 0.4) is 0 Å². The van der Waals surface area contributed by atoms with E-state index in [-0.39, 0.29) is 19.0 Å². The number of piperidine rings is 1. The van der Waals surface area contributed by atoms with E-state index in [1.165, 1.54) is 21.0 Å². The van der Waals surface area contributed by atoms with Crippen molar-refractivity contribution in [2.45, 2.75) is 74.7 Å². The number of carbonyl (C=O) groups excluding carboxylic acids is 6. The first-order valence-electron chi connectivity index (χ1n) is 15.4. The minimum absolute atomic E-state index is 0.0385. The number of amides is 5. The summed E-state index contributed by atoms with van der Waals surface area (Å²) in [5.74, 6) is -7.18. The lowest BCUT2D eigenvalue weighted by Gasteiger charge is -2.47. The van der Waals surface area contributed by atoms with Crippen LogP contribution in [0.4, 0.5) is 4.79 Å². The quantitative estimate of drug-likeness (QED) is 0.0587. The van der Waals surface area contributed by atoms with Gasteiger partial charge < -0.3 is 77.2 Å². The number of guanidine groups is 1. The Kier molecular flexibility index (Phi) is 13.6. The van der Waals surface area contributed by atoms with Gasteiger partial charge in [0, 0.05) is 13.6 Å². The van der Waals surface area contributed by atoms with Crippen LogP contribution in [0.15, 0.2) is 4.99 Å². The monoisotopic (exact) mass is 717 g/mol. The van der Waals surface area contributed by atoms with Gasteiger partial charge in [-0.25, -0.2) is 14.6 Å². The van der Waals surface area contributed by atoms with Crippen molar-refractivity contribution in [1.29, 1.82) is 0 Å². The van der Waals surface area contributed by atoms with Gasteiger partial charge in [0.2, 0.25) is 23.6 Å². The average molecular weight is 718 g/mol. The number of primary amides is 1. The van der Waals surface area contributed by atoms with Gasteiger partial charge in [0.05, 0.1) is 25.3 Å². The summed E-state index contributed by atoms with van der Waals surface area (Å²) < 4.78 is 16.4. The number of aliphatic hydroxyl groups excluding tert-OH is 3. The van der Waals surface area contributed by atoms with Crippen molar-refractivity contribution in [3.8, 4) is 0 Å². The molecule has 0 radical (unpaired) electrons. The number of carboxylic acid groups (broad SMARTS) is 1. The van der Waals surface area contributed by atoms with E-state index in [0.717, 1.165) is 11.8 Å². The standard InChI is InChI=1S/C27H43N9O14/c1-9(20(41)31-10(2)24(44)45)21(42)32-11(7-37)25(46)48-8-13-19(50-26(28)47)18(40)17(36(4)14(39)6-29-3)23(49-13)35-27-33-15-12(38)5-30-22(43)16(15)34-27/h9-13,15-19,23,29,37-38,40H,5-8H2,1-4H3,(H2,28,47)(H,30,43)(H,31,41)(H,32,42)(H,44,45)(H2,33,34,35)/t9?,10?,11?,12-,13?,15-,16+,17?,18?,19?,23?/m1/s1. The Bertz CT molecular complexity index is 1350. The lowest BCUT2D eigenvalue weighted by Crippen LogP contribution is -2.70. The Morgan fingerprint density at radius 2 is 1.80 bits per heavy atom. The number of nitrogens with zero attached hydrogens (tertiary/aromatic N) is 2. The van der Waals surface area contributed by atoms with Crippen molar-refractivity contribution in [3.05, 3.63) is 0 Å². The molecule has 280 valence electrons. The molecule has 23 heteroatoms.